The molecule has 3 nitrogen and oxygen atoms in total. The molecule has 1 saturated carbocycles. The molecule has 0 N–H and O–H groups in total. The molecule has 1 aromatic rings. The first-order chi connectivity index (χ1) is 6.04. The zero-order chi connectivity index (χ0) is 9.53. The predicted octanol–water partition coefficient (Wildman–Crippen LogP) is 1.79. The topological polar surface area (TPSA) is 47.0 Å². The maximum Gasteiger partial charge on any atom is 0.238 e. The summed E-state index contributed by atoms with van der Waals surface area (Å²) in [4.78, 5) is 0.988. The molecular formula is C7H8ClNO2S2. The van der Waals surface area contributed by atoms with Crippen molar-refractivity contribution in [2.45, 2.75) is 24.0 Å². The minimum absolute atomic E-state index is 0.517. The number of aromatic nitrogens is 1. The third-order valence-corrected chi connectivity index (χ3v) is 5.62. The van der Waals surface area contributed by atoms with Gasteiger partial charge in [0.05, 0.1) is 4.75 Å². The lowest BCUT2D eigenvalue weighted by Gasteiger charge is -2.07. The zero-order valence-electron chi connectivity index (χ0n) is 6.73. The van der Waals surface area contributed by atoms with Crippen molar-refractivity contribution in [1.82, 2.24) is 4.37 Å². The van der Waals surface area contributed by atoms with E-state index in [1.54, 1.807) is 6.20 Å². The summed E-state index contributed by atoms with van der Waals surface area (Å²) >= 11 is 1.33. The molecule has 0 radical (unpaired) electrons. The Labute approximate surface area is 85.3 Å². The molecule has 13 heavy (non-hydrogen) atoms. The molecule has 2 rings (SSSR count). The lowest BCUT2D eigenvalue weighted by atomic mass is 10.2. The monoisotopic (exact) mass is 237 g/mol. The molecule has 0 spiro atoms. The first-order valence-corrected chi connectivity index (χ1v) is 6.96. The van der Waals surface area contributed by atoms with Crippen molar-refractivity contribution < 1.29 is 8.42 Å². The van der Waals surface area contributed by atoms with Crippen LogP contribution in [-0.2, 0) is 15.5 Å². The summed E-state index contributed by atoms with van der Waals surface area (Å²) in [7, 11) is 1.94. The number of hydrogen-bond donors (Lipinski definition) is 0. The third kappa shape index (κ3) is 1.73. The quantitative estimate of drug-likeness (QED) is 0.753. The van der Waals surface area contributed by atoms with Gasteiger partial charge in [0.1, 0.15) is 0 Å². The molecule has 1 aliphatic carbocycles. The number of rotatable bonds is 3. The Bertz CT molecular complexity index is 394. The average molecular weight is 238 g/mol. The van der Waals surface area contributed by atoms with E-state index in [1.807, 2.05) is 6.07 Å². The van der Waals surface area contributed by atoms with Crippen LogP contribution >= 0.6 is 22.2 Å². The van der Waals surface area contributed by atoms with E-state index in [1.165, 1.54) is 11.5 Å². The van der Waals surface area contributed by atoms with Crippen LogP contribution < -0.4 is 0 Å². The molecule has 1 aliphatic rings. The Morgan fingerprint density at radius 2 is 2.31 bits per heavy atom. The fourth-order valence-corrected chi connectivity index (χ4v) is 3.65. The molecule has 1 fully saturated rings. The first kappa shape index (κ1) is 9.43. The minimum Gasteiger partial charge on any atom is -0.212 e. The fourth-order valence-electron chi connectivity index (χ4n) is 1.30. The predicted molar refractivity (Wildman–Crippen MR) is 52.6 cm³/mol. The van der Waals surface area contributed by atoms with Gasteiger partial charge in [0.25, 0.3) is 0 Å². The van der Waals surface area contributed by atoms with Crippen LogP contribution in [0.4, 0.5) is 0 Å². The number of hydrogen-bond acceptors (Lipinski definition) is 4. The number of nitrogens with zero attached hydrogens (tertiary/aromatic N) is 1. The van der Waals surface area contributed by atoms with Crippen LogP contribution in [0, 0.1) is 0 Å². The Balaban J connectivity index is 2.20. The average Bonchev–Trinajstić information content (AvgIpc) is 2.59. The highest BCUT2D eigenvalue weighted by Crippen LogP contribution is 2.48. The second kappa shape index (κ2) is 2.93. The van der Waals surface area contributed by atoms with Gasteiger partial charge in [-0.25, -0.2) is 12.8 Å². The molecule has 0 bridgehead atoms. The lowest BCUT2D eigenvalue weighted by Crippen LogP contribution is -2.20. The van der Waals surface area contributed by atoms with Crippen LogP contribution in [0.25, 0.3) is 0 Å². The molecule has 6 heteroatoms. The molecule has 0 aliphatic heterocycles. The Hall–Kier alpha value is -0.130. The smallest absolute Gasteiger partial charge is 0.212 e. The molecule has 0 aromatic carbocycles. The molecule has 1 heterocycles. The standard InChI is InChI=1S/C7H8ClNO2S2/c8-13(10,11)7(2-3-7)5-6-1-4-9-12-6/h1,4H,2-3,5H2. The van der Waals surface area contributed by atoms with E-state index in [-0.39, 0.29) is 0 Å². The highest BCUT2D eigenvalue weighted by Gasteiger charge is 2.53. The van der Waals surface area contributed by atoms with Gasteiger partial charge in [-0.3, -0.25) is 0 Å². The highest BCUT2D eigenvalue weighted by atomic mass is 35.7. The van der Waals surface area contributed by atoms with Gasteiger partial charge in [-0.15, -0.1) is 0 Å². The van der Waals surface area contributed by atoms with Crippen molar-refractivity contribution in [2.75, 3.05) is 0 Å². The van der Waals surface area contributed by atoms with Gasteiger partial charge in [-0.2, -0.15) is 0 Å². The van der Waals surface area contributed by atoms with E-state index in [0.717, 1.165) is 4.88 Å². The molecule has 0 saturated heterocycles. The zero-order valence-corrected chi connectivity index (χ0v) is 9.12. The summed E-state index contributed by atoms with van der Waals surface area (Å²) < 4.78 is 25.6. The summed E-state index contributed by atoms with van der Waals surface area (Å²) in [6.07, 6.45) is 3.55. The summed E-state index contributed by atoms with van der Waals surface area (Å²) in [5.41, 5.74) is 0. The summed E-state index contributed by atoms with van der Waals surface area (Å²) in [5, 5.41) is 0. The van der Waals surface area contributed by atoms with Crippen molar-refractivity contribution in [3.63, 3.8) is 0 Å². The first-order valence-electron chi connectivity index (χ1n) is 3.87. The van der Waals surface area contributed by atoms with Crippen LogP contribution in [0.1, 0.15) is 17.7 Å². The maximum absolute atomic E-state index is 11.2. The molecule has 0 amide bonds. The van der Waals surface area contributed by atoms with Gasteiger partial charge in [0, 0.05) is 28.2 Å². The van der Waals surface area contributed by atoms with Crippen LogP contribution in [0.3, 0.4) is 0 Å². The molecule has 72 valence electrons. The van der Waals surface area contributed by atoms with E-state index >= 15 is 0 Å². The molecular weight excluding hydrogens is 230 g/mol. The fraction of sp³-hybridized carbons (Fsp3) is 0.571. The van der Waals surface area contributed by atoms with Crippen LogP contribution in [0.5, 0.6) is 0 Å². The second-order valence-electron chi connectivity index (χ2n) is 3.28. The van der Waals surface area contributed by atoms with Gasteiger partial charge in [-0.05, 0) is 30.4 Å². The van der Waals surface area contributed by atoms with E-state index in [9.17, 15) is 8.42 Å². The Morgan fingerprint density at radius 3 is 2.69 bits per heavy atom. The van der Waals surface area contributed by atoms with Crippen molar-refractivity contribution in [3.8, 4) is 0 Å². The molecule has 0 unspecified atom stereocenters. The van der Waals surface area contributed by atoms with Gasteiger partial charge in [-0.1, -0.05) is 0 Å². The van der Waals surface area contributed by atoms with Gasteiger partial charge >= 0.3 is 0 Å². The molecule has 0 atom stereocenters. The lowest BCUT2D eigenvalue weighted by molar-refractivity contribution is 0.590. The molecule has 1 aromatic heterocycles. The Morgan fingerprint density at radius 1 is 1.62 bits per heavy atom. The van der Waals surface area contributed by atoms with Crippen molar-refractivity contribution in [2.24, 2.45) is 0 Å². The number of halogens is 1. The summed E-state index contributed by atoms with van der Waals surface area (Å²) in [6.45, 7) is 0. The summed E-state index contributed by atoms with van der Waals surface area (Å²) in [6, 6.07) is 1.84. The third-order valence-electron chi connectivity index (χ3n) is 2.31. The maximum atomic E-state index is 11.2. The van der Waals surface area contributed by atoms with Gasteiger partial charge < -0.3 is 0 Å². The normalized spacial score (nSPS) is 20.1. The Kier molecular flexibility index (Phi) is 2.13. The minimum atomic E-state index is -3.42. The van der Waals surface area contributed by atoms with Crippen molar-refractivity contribution in [1.29, 1.82) is 0 Å². The van der Waals surface area contributed by atoms with Crippen LogP contribution in [0.2, 0.25) is 0 Å². The van der Waals surface area contributed by atoms with Gasteiger partial charge in [0.2, 0.25) is 9.05 Å². The van der Waals surface area contributed by atoms with Crippen molar-refractivity contribution in [3.05, 3.63) is 17.1 Å². The summed E-state index contributed by atoms with van der Waals surface area (Å²) in [5.74, 6) is 0. The van der Waals surface area contributed by atoms with Crippen LogP contribution in [0.15, 0.2) is 12.3 Å². The van der Waals surface area contributed by atoms with Crippen LogP contribution in [-0.4, -0.2) is 17.5 Å². The second-order valence-corrected chi connectivity index (χ2v) is 7.15. The van der Waals surface area contributed by atoms with E-state index in [4.69, 9.17) is 10.7 Å². The van der Waals surface area contributed by atoms with Crippen molar-refractivity contribution >= 4 is 31.3 Å². The van der Waals surface area contributed by atoms with E-state index < -0.39 is 13.8 Å². The SMILES string of the molecule is O=S(=O)(Cl)C1(Cc2ccns2)CC1. The largest absolute Gasteiger partial charge is 0.238 e. The highest BCUT2D eigenvalue weighted by molar-refractivity contribution is 8.15. The van der Waals surface area contributed by atoms with E-state index in [0.29, 0.717) is 19.3 Å². The van der Waals surface area contributed by atoms with E-state index in [2.05, 4.69) is 4.37 Å². The van der Waals surface area contributed by atoms with Gasteiger partial charge in [0.15, 0.2) is 0 Å².